The van der Waals surface area contributed by atoms with Crippen LogP contribution in [0.5, 0.6) is 0 Å². The van der Waals surface area contributed by atoms with Gasteiger partial charge >= 0.3 is 0 Å². The molecule has 0 aromatic heterocycles. The van der Waals surface area contributed by atoms with Gasteiger partial charge in [-0.15, -0.1) is 0 Å². The van der Waals surface area contributed by atoms with Gasteiger partial charge in [0.15, 0.2) is 0 Å². The molecule has 0 heterocycles. The summed E-state index contributed by atoms with van der Waals surface area (Å²) < 4.78 is 1.16. The van der Waals surface area contributed by atoms with E-state index in [-0.39, 0.29) is 0 Å². The smallest absolute Gasteiger partial charge is 0.0322 e. The average Bonchev–Trinajstić information content (AvgIpc) is 2.26. The highest BCUT2D eigenvalue weighted by atomic mass is 79.9. The van der Waals surface area contributed by atoms with Crippen LogP contribution in [0.4, 0.5) is 0 Å². The Morgan fingerprint density at radius 3 is 2.56 bits per heavy atom. The van der Waals surface area contributed by atoms with Crippen molar-refractivity contribution in [2.45, 2.75) is 39.7 Å². The van der Waals surface area contributed by atoms with Crippen molar-refractivity contribution < 1.29 is 0 Å². The van der Waals surface area contributed by atoms with Crippen LogP contribution < -0.4 is 5.32 Å². The Bertz CT molecular complexity index is 336. The second-order valence-corrected chi connectivity index (χ2v) is 5.51. The Morgan fingerprint density at radius 1 is 1.38 bits per heavy atom. The summed E-state index contributed by atoms with van der Waals surface area (Å²) >= 11 is 3.51. The van der Waals surface area contributed by atoms with Crippen LogP contribution in [0, 0.1) is 12.8 Å². The van der Waals surface area contributed by atoms with Crippen LogP contribution in [0.1, 0.15) is 43.9 Å². The number of nitrogens with one attached hydrogen (secondary N) is 1. The maximum Gasteiger partial charge on any atom is 0.0322 e. The summed E-state index contributed by atoms with van der Waals surface area (Å²) in [5, 5.41) is 3.43. The van der Waals surface area contributed by atoms with Gasteiger partial charge in [-0.25, -0.2) is 0 Å². The van der Waals surface area contributed by atoms with Crippen molar-refractivity contribution in [3.05, 3.63) is 33.8 Å². The molecule has 2 unspecified atom stereocenters. The first kappa shape index (κ1) is 13.7. The molecule has 0 spiro atoms. The molecule has 0 fully saturated rings. The molecule has 0 saturated heterocycles. The monoisotopic (exact) mass is 283 g/mol. The minimum Gasteiger partial charge on any atom is -0.313 e. The quantitative estimate of drug-likeness (QED) is 0.842. The Labute approximate surface area is 108 Å². The van der Waals surface area contributed by atoms with E-state index >= 15 is 0 Å². The average molecular weight is 284 g/mol. The number of rotatable bonds is 5. The number of halogens is 1. The maximum atomic E-state index is 3.51. The van der Waals surface area contributed by atoms with Gasteiger partial charge in [0.25, 0.3) is 0 Å². The summed E-state index contributed by atoms with van der Waals surface area (Å²) in [6.07, 6.45) is 2.45. The maximum absolute atomic E-state index is 3.51. The van der Waals surface area contributed by atoms with E-state index in [4.69, 9.17) is 0 Å². The fourth-order valence-electron chi connectivity index (χ4n) is 2.00. The fraction of sp³-hybridized carbons (Fsp3) is 0.571. The van der Waals surface area contributed by atoms with Gasteiger partial charge in [0.1, 0.15) is 0 Å². The highest BCUT2D eigenvalue weighted by molar-refractivity contribution is 9.10. The number of benzene rings is 1. The molecule has 0 aliphatic rings. The van der Waals surface area contributed by atoms with Gasteiger partial charge in [-0.3, -0.25) is 0 Å². The van der Waals surface area contributed by atoms with Crippen LogP contribution in [0.2, 0.25) is 0 Å². The Balaban J connectivity index is 2.86. The molecule has 2 atom stereocenters. The van der Waals surface area contributed by atoms with Crippen molar-refractivity contribution in [1.29, 1.82) is 0 Å². The van der Waals surface area contributed by atoms with Gasteiger partial charge in [-0.2, -0.15) is 0 Å². The topological polar surface area (TPSA) is 12.0 Å². The fourth-order valence-corrected chi connectivity index (χ4v) is 2.47. The molecule has 2 heteroatoms. The zero-order chi connectivity index (χ0) is 12.1. The molecule has 1 N–H and O–H groups in total. The van der Waals surface area contributed by atoms with Gasteiger partial charge in [0, 0.05) is 10.5 Å². The molecule has 0 saturated carbocycles. The lowest BCUT2D eigenvalue weighted by Gasteiger charge is -2.22. The normalized spacial score (nSPS) is 14.8. The predicted molar refractivity (Wildman–Crippen MR) is 74.8 cm³/mol. The van der Waals surface area contributed by atoms with Crippen molar-refractivity contribution >= 4 is 15.9 Å². The summed E-state index contributed by atoms with van der Waals surface area (Å²) in [6, 6.07) is 7.02. The predicted octanol–water partition coefficient (Wildman–Crippen LogP) is 4.45. The van der Waals surface area contributed by atoms with Crippen LogP contribution in [0.25, 0.3) is 0 Å². The van der Waals surface area contributed by atoms with Gasteiger partial charge in [0.05, 0.1) is 0 Å². The number of hydrogen-bond acceptors (Lipinski definition) is 1. The standard InChI is InChI=1S/C14H22BrN/c1-5-10(2)8-14(16-4)13-7-6-12(15)9-11(13)3/h6-7,9-10,14,16H,5,8H2,1-4H3. The summed E-state index contributed by atoms with van der Waals surface area (Å²) in [6.45, 7) is 6.76. The van der Waals surface area contributed by atoms with Gasteiger partial charge < -0.3 is 5.32 Å². The van der Waals surface area contributed by atoms with Crippen LogP contribution in [-0.2, 0) is 0 Å². The first-order valence-electron chi connectivity index (χ1n) is 6.01. The zero-order valence-electron chi connectivity index (χ0n) is 10.7. The van der Waals surface area contributed by atoms with E-state index in [0.29, 0.717) is 6.04 Å². The molecule has 0 radical (unpaired) electrons. The molecule has 1 aromatic carbocycles. The largest absolute Gasteiger partial charge is 0.313 e. The van der Waals surface area contributed by atoms with Crippen LogP contribution in [-0.4, -0.2) is 7.05 Å². The van der Waals surface area contributed by atoms with E-state index in [2.05, 4.69) is 67.3 Å². The highest BCUT2D eigenvalue weighted by Crippen LogP contribution is 2.27. The Kier molecular flexibility index (Phi) is 5.50. The van der Waals surface area contributed by atoms with Gasteiger partial charge in [-0.05, 0) is 49.6 Å². The second kappa shape index (κ2) is 6.41. The van der Waals surface area contributed by atoms with E-state index in [1.54, 1.807) is 0 Å². The second-order valence-electron chi connectivity index (χ2n) is 4.59. The molecule has 1 rings (SSSR count). The van der Waals surface area contributed by atoms with E-state index in [0.717, 1.165) is 10.4 Å². The molecule has 16 heavy (non-hydrogen) atoms. The van der Waals surface area contributed by atoms with E-state index in [1.807, 2.05) is 0 Å². The molecule has 0 amide bonds. The third-order valence-electron chi connectivity index (χ3n) is 3.29. The zero-order valence-corrected chi connectivity index (χ0v) is 12.3. The third kappa shape index (κ3) is 3.60. The molecular weight excluding hydrogens is 262 g/mol. The summed E-state index contributed by atoms with van der Waals surface area (Å²) in [7, 11) is 2.05. The molecule has 1 aromatic rings. The number of aryl methyl sites for hydroxylation is 1. The van der Waals surface area contributed by atoms with Crippen molar-refractivity contribution in [2.24, 2.45) is 5.92 Å². The van der Waals surface area contributed by atoms with Crippen molar-refractivity contribution in [2.75, 3.05) is 7.05 Å². The minimum atomic E-state index is 0.475. The van der Waals surface area contributed by atoms with E-state index in [9.17, 15) is 0 Å². The van der Waals surface area contributed by atoms with Crippen molar-refractivity contribution in [3.63, 3.8) is 0 Å². The van der Waals surface area contributed by atoms with Crippen LogP contribution in [0.3, 0.4) is 0 Å². The first-order chi connectivity index (χ1) is 7.58. The van der Waals surface area contributed by atoms with Crippen molar-refractivity contribution in [3.8, 4) is 0 Å². The lowest BCUT2D eigenvalue weighted by atomic mass is 9.92. The number of hydrogen-bond donors (Lipinski definition) is 1. The van der Waals surface area contributed by atoms with E-state index < -0.39 is 0 Å². The molecule has 1 nitrogen and oxygen atoms in total. The molecule has 0 aliphatic heterocycles. The highest BCUT2D eigenvalue weighted by Gasteiger charge is 2.14. The van der Waals surface area contributed by atoms with Crippen LogP contribution in [0.15, 0.2) is 22.7 Å². The molecule has 0 bridgehead atoms. The molecular formula is C14H22BrN. The van der Waals surface area contributed by atoms with Crippen molar-refractivity contribution in [1.82, 2.24) is 5.32 Å². The minimum absolute atomic E-state index is 0.475. The lowest BCUT2D eigenvalue weighted by Crippen LogP contribution is -2.19. The summed E-state index contributed by atoms with van der Waals surface area (Å²) in [5.74, 6) is 0.764. The van der Waals surface area contributed by atoms with Gasteiger partial charge in [-0.1, -0.05) is 42.3 Å². The molecule has 90 valence electrons. The first-order valence-corrected chi connectivity index (χ1v) is 6.81. The third-order valence-corrected chi connectivity index (χ3v) is 3.78. The summed E-state index contributed by atoms with van der Waals surface area (Å²) in [5.41, 5.74) is 2.78. The SMILES string of the molecule is CCC(C)CC(NC)c1ccc(Br)cc1C. The summed E-state index contributed by atoms with van der Waals surface area (Å²) in [4.78, 5) is 0. The van der Waals surface area contributed by atoms with E-state index in [1.165, 1.54) is 24.0 Å². The Morgan fingerprint density at radius 2 is 2.06 bits per heavy atom. The van der Waals surface area contributed by atoms with Crippen LogP contribution >= 0.6 is 15.9 Å². The Hall–Kier alpha value is -0.340. The van der Waals surface area contributed by atoms with Gasteiger partial charge in [0.2, 0.25) is 0 Å². The molecule has 0 aliphatic carbocycles. The lowest BCUT2D eigenvalue weighted by molar-refractivity contribution is 0.421.